The second kappa shape index (κ2) is 7.61. The quantitative estimate of drug-likeness (QED) is 0.827. The van der Waals surface area contributed by atoms with E-state index in [9.17, 15) is 18.0 Å². The minimum atomic E-state index is -4.36. The molecule has 0 radical (unpaired) electrons. The number of carbonyl (C=O) groups excluding carboxylic acids is 1. The Morgan fingerprint density at radius 2 is 1.92 bits per heavy atom. The molecule has 1 fully saturated rings. The summed E-state index contributed by atoms with van der Waals surface area (Å²) < 4.78 is 40.0. The number of benzene rings is 1. The van der Waals surface area contributed by atoms with Crippen LogP contribution in [0.5, 0.6) is 0 Å². The van der Waals surface area contributed by atoms with Crippen molar-refractivity contribution in [3.63, 3.8) is 0 Å². The van der Waals surface area contributed by atoms with Gasteiger partial charge in [-0.25, -0.2) is 0 Å². The van der Waals surface area contributed by atoms with Gasteiger partial charge in [-0.2, -0.15) is 13.2 Å². The van der Waals surface area contributed by atoms with E-state index in [1.165, 1.54) is 10.5 Å². The van der Waals surface area contributed by atoms with Crippen molar-refractivity contribution < 1.29 is 18.0 Å². The summed E-state index contributed by atoms with van der Waals surface area (Å²) in [6.07, 6.45) is -3.50. The Balaban J connectivity index is 1.55. The van der Waals surface area contributed by atoms with Gasteiger partial charge in [0.2, 0.25) is 5.91 Å². The zero-order chi connectivity index (χ0) is 17.9. The Morgan fingerprint density at radius 1 is 1.20 bits per heavy atom. The molecule has 138 valence electrons. The van der Waals surface area contributed by atoms with E-state index >= 15 is 0 Å². The number of hydrogen-bond acceptors (Lipinski definition) is 4. The summed E-state index contributed by atoms with van der Waals surface area (Å²) in [6.45, 7) is 2.13. The maximum absolute atomic E-state index is 13.3. The van der Waals surface area contributed by atoms with Crippen LogP contribution in [0.3, 0.4) is 0 Å². The second-order valence-electron chi connectivity index (χ2n) is 6.45. The third kappa shape index (κ3) is 4.43. The monoisotopic (exact) mass is 356 g/mol. The molecular weight excluding hydrogens is 333 g/mol. The molecule has 2 N–H and O–H groups in total. The first-order valence-corrected chi connectivity index (χ1v) is 8.56. The Bertz CT molecular complexity index is 602. The zero-order valence-electron chi connectivity index (χ0n) is 14.0. The van der Waals surface area contributed by atoms with Crippen molar-refractivity contribution in [3.8, 4) is 0 Å². The van der Waals surface area contributed by atoms with Crippen molar-refractivity contribution in [1.82, 2.24) is 15.5 Å². The van der Waals surface area contributed by atoms with Gasteiger partial charge in [0.15, 0.2) is 0 Å². The third-order valence-corrected chi connectivity index (χ3v) is 4.78. The number of amides is 1. The van der Waals surface area contributed by atoms with E-state index in [1.54, 1.807) is 0 Å². The molecule has 2 heterocycles. The maximum atomic E-state index is 13.3. The molecule has 25 heavy (non-hydrogen) atoms. The highest BCUT2D eigenvalue weighted by atomic mass is 19.4. The van der Waals surface area contributed by atoms with Crippen molar-refractivity contribution in [2.24, 2.45) is 0 Å². The standard InChI is InChI=1S/C17H23F3N4O/c18-17(19,20)15(23-9-6-21-7-10-23)11-22-16(25)12-24-8-5-13-3-1-2-4-14(13)24/h1-4,15,21H,5-12H2,(H,22,25). The molecule has 0 aromatic heterocycles. The van der Waals surface area contributed by atoms with E-state index in [0.29, 0.717) is 32.7 Å². The van der Waals surface area contributed by atoms with E-state index in [2.05, 4.69) is 10.6 Å². The fourth-order valence-corrected chi connectivity index (χ4v) is 3.46. The minimum Gasteiger partial charge on any atom is -0.362 e. The number of carbonyl (C=O) groups is 1. The number of rotatable bonds is 5. The normalized spacial score (nSPS) is 19.6. The Morgan fingerprint density at radius 3 is 2.64 bits per heavy atom. The summed E-state index contributed by atoms with van der Waals surface area (Å²) in [6, 6.07) is 6.17. The van der Waals surface area contributed by atoms with Gasteiger partial charge in [-0.1, -0.05) is 18.2 Å². The first-order chi connectivity index (χ1) is 11.9. The van der Waals surface area contributed by atoms with Crippen LogP contribution in [0.2, 0.25) is 0 Å². The largest absolute Gasteiger partial charge is 0.405 e. The number of nitrogens with one attached hydrogen (secondary N) is 2. The molecule has 1 saturated heterocycles. The van der Waals surface area contributed by atoms with Gasteiger partial charge in [0.1, 0.15) is 6.04 Å². The van der Waals surface area contributed by atoms with Crippen LogP contribution >= 0.6 is 0 Å². The number of anilines is 1. The predicted octanol–water partition coefficient (Wildman–Crippen LogP) is 1.00. The Labute approximate surface area is 145 Å². The first kappa shape index (κ1) is 18.0. The molecule has 1 amide bonds. The average Bonchev–Trinajstić information content (AvgIpc) is 2.98. The van der Waals surface area contributed by atoms with Crippen LogP contribution in [0.4, 0.5) is 18.9 Å². The highest BCUT2D eigenvalue weighted by Crippen LogP contribution is 2.27. The molecular formula is C17H23F3N4O. The van der Waals surface area contributed by atoms with E-state index in [0.717, 1.165) is 12.1 Å². The first-order valence-electron chi connectivity index (χ1n) is 8.56. The molecule has 1 atom stereocenters. The third-order valence-electron chi connectivity index (χ3n) is 4.78. The highest BCUT2D eigenvalue weighted by molar-refractivity contribution is 5.82. The number of nitrogens with zero attached hydrogens (tertiary/aromatic N) is 2. The molecule has 0 bridgehead atoms. The number of halogens is 3. The molecule has 0 saturated carbocycles. The molecule has 1 aromatic rings. The zero-order valence-corrected chi connectivity index (χ0v) is 14.0. The van der Waals surface area contributed by atoms with E-state index in [1.807, 2.05) is 29.2 Å². The molecule has 0 spiro atoms. The number of para-hydroxylation sites is 1. The summed E-state index contributed by atoms with van der Waals surface area (Å²) in [5.41, 5.74) is 2.16. The van der Waals surface area contributed by atoms with Crippen molar-refractivity contribution in [1.29, 1.82) is 0 Å². The van der Waals surface area contributed by atoms with Gasteiger partial charge >= 0.3 is 6.18 Å². The van der Waals surface area contributed by atoms with E-state index < -0.39 is 18.8 Å². The summed E-state index contributed by atoms with van der Waals surface area (Å²) in [5.74, 6) is -0.374. The van der Waals surface area contributed by atoms with Crippen LogP contribution in [-0.2, 0) is 11.2 Å². The van der Waals surface area contributed by atoms with Crippen LogP contribution in [-0.4, -0.2) is 68.8 Å². The van der Waals surface area contributed by atoms with Gasteiger partial charge < -0.3 is 15.5 Å². The van der Waals surface area contributed by atoms with Crippen LogP contribution in [0, 0.1) is 0 Å². The lowest BCUT2D eigenvalue weighted by atomic mass is 10.2. The summed E-state index contributed by atoms with van der Waals surface area (Å²) in [5, 5.41) is 5.52. The predicted molar refractivity (Wildman–Crippen MR) is 89.7 cm³/mol. The average molecular weight is 356 g/mol. The van der Waals surface area contributed by atoms with Gasteiger partial charge in [0.05, 0.1) is 6.54 Å². The molecule has 3 rings (SSSR count). The van der Waals surface area contributed by atoms with Gasteiger partial charge in [-0.3, -0.25) is 9.69 Å². The minimum absolute atomic E-state index is 0.0865. The lowest BCUT2D eigenvalue weighted by Gasteiger charge is -2.36. The second-order valence-corrected chi connectivity index (χ2v) is 6.45. The van der Waals surface area contributed by atoms with Gasteiger partial charge in [0, 0.05) is 45.0 Å². The summed E-state index contributed by atoms with van der Waals surface area (Å²) in [4.78, 5) is 15.5. The van der Waals surface area contributed by atoms with Crippen molar-refractivity contribution in [2.45, 2.75) is 18.6 Å². The maximum Gasteiger partial charge on any atom is 0.405 e. The molecule has 1 unspecified atom stereocenters. The Kier molecular flexibility index (Phi) is 5.48. The highest BCUT2D eigenvalue weighted by Gasteiger charge is 2.43. The molecule has 2 aliphatic heterocycles. The molecule has 2 aliphatic rings. The van der Waals surface area contributed by atoms with Crippen LogP contribution in [0.1, 0.15) is 5.56 Å². The number of alkyl halides is 3. The summed E-state index contributed by atoms with van der Waals surface area (Å²) >= 11 is 0. The fourth-order valence-electron chi connectivity index (χ4n) is 3.46. The lowest BCUT2D eigenvalue weighted by Crippen LogP contribution is -2.58. The summed E-state index contributed by atoms with van der Waals surface area (Å²) in [7, 11) is 0. The number of fused-ring (bicyclic) bond motifs is 1. The van der Waals surface area contributed by atoms with Crippen molar-refractivity contribution in [3.05, 3.63) is 29.8 Å². The fraction of sp³-hybridized carbons (Fsp3) is 0.588. The number of piperazine rings is 1. The van der Waals surface area contributed by atoms with Crippen molar-refractivity contribution >= 4 is 11.6 Å². The van der Waals surface area contributed by atoms with Gasteiger partial charge in [0.25, 0.3) is 0 Å². The molecule has 5 nitrogen and oxygen atoms in total. The van der Waals surface area contributed by atoms with Crippen molar-refractivity contribution in [2.75, 3.05) is 50.7 Å². The van der Waals surface area contributed by atoms with Gasteiger partial charge in [-0.15, -0.1) is 0 Å². The molecule has 8 heteroatoms. The van der Waals surface area contributed by atoms with E-state index in [4.69, 9.17) is 0 Å². The molecule has 0 aliphatic carbocycles. The smallest absolute Gasteiger partial charge is 0.362 e. The SMILES string of the molecule is O=C(CN1CCc2ccccc21)NCC(N1CCNCC1)C(F)(F)F. The topological polar surface area (TPSA) is 47.6 Å². The Hall–Kier alpha value is -1.80. The van der Waals surface area contributed by atoms with Crippen LogP contribution in [0.25, 0.3) is 0 Å². The number of hydrogen-bond donors (Lipinski definition) is 2. The van der Waals surface area contributed by atoms with Gasteiger partial charge in [-0.05, 0) is 18.1 Å². The molecule has 1 aromatic carbocycles. The van der Waals surface area contributed by atoms with Crippen LogP contribution in [0.15, 0.2) is 24.3 Å². The van der Waals surface area contributed by atoms with Crippen LogP contribution < -0.4 is 15.5 Å². The van der Waals surface area contributed by atoms with E-state index in [-0.39, 0.29) is 12.5 Å². The lowest BCUT2D eigenvalue weighted by molar-refractivity contribution is -0.183.